The third-order valence-corrected chi connectivity index (χ3v) is 1.76. The first kappa shape index (κ1) is 4.68. The summed E-state index contributed by atoms with van der Waals surface area (Å²) in [5, 5.41) is 1.39. The van der Waals surface area contributed by atoms with E-state index in [1.807, 2.05) is 0 Å². The zero-order valence-electron chi connectivity index (χ0n) is 3.25. The van der Waals surface area contributed by atoms with Gasteiger partial charge in [0.25, 0.3) is 0 Å². The molecule has 0 aliphatic carbocycles. The number of carbonyl (C=O) groups excluding carboxylic acids is 2. The normalized spacial score (nSPS) is 18.9. The Balaban J connectivity index is 2.81. The van der Waals surface area contributed by atoms with E-state index in [0.717, 1.165) is 0 Å². The molecule has 0 saturated carbocycles. The van der Waals surface area contributed by atoms with Crippen molar-refractivity contribution < 1.29 is 9.59 Å². The molecule has 0 fully saturated rings. The van der Waals surface area contributed by atoms with Gasteiger partial charge in [-0.05, 0) is 0 Å². The molecule has 0 unspecified atom stereocenters. The summed E-state index contributed by atoms with van der Waals surface area (Å²) < 4.78 is -0.340. The maximum atomic E-state index is 10.1. The molecule has 3 nitrogen and oxygen atoms in total. The van der Waals surface area contributed by atoms with Gasteiger partial charge < -0.3 is 0 Å². The van der Waals surface area contributed by atoms with E-state index in [1.54, 1.807) is 0 Å². The van der Waals surface area contributed by atoms with Crippen molar-refractivity contribution >= 4 is 30.7 Å². The predicted molar refractivity (Wildman–Crippen MR) is 24.3 cm³/mol. The van der Waals surface area contributed by atoms with Gasteiger partial charge in [-0.25, -0.2) is 0 Å². The van der Waals surface area contributed by atoms with Crippen LogP contribution >= 0.6 is 0 Å². The summed E-state index contributed by atoms with van der Waals surface area (Å²) in [5.74, 6) is -0.583. The number of rotatable bonds is 0. The van der Waals surface area contributed by atoms with Gasteiger partial charge in [0.05, 0.1) is 0 Å². The van der Waals surface area contributed by atoms with E-state index in [9.17, 15) is 9.59 Å². The van der Waals surface area contributed by atoms with E-state index in [4.69, 9.17) is 0 Å². The minimum atomic E-state index is -0.583. The summed E-state index contributed by atoms with van der Waals surface area (Å²) >= 11 is -0.281. The van der Waals surface area contributed by atoms with Crippen LogP contribution in [0.1, 0.15) is 0 Å². The van der Waals surface area contributed by atoms with E-state index >= 15 is 0 Å². The predicted octanol–water partition coefficient (Wildman–Crippen LogP) is -1.21. The van der Waals surface area contributed by atoms with Gasteiger partial charge >= 0.3 is 45.2 Å². The minimum absolute atomic E-state index is 0.281. The second-order valence-corrected chi connectivity index (χ2v) is 2.66. The van der Waals surface area contributed by atoms with E-state index < -0.39 is 5.91 Å². The zero-order valence-corrected chi connectivity index (χ0v) is 4.96. The fourth-order valence-electron chi connectivity index (χ4n) is 0.225. The molecule has 36 valence electrons. The van der Waals surface area contributed by atoms with Crippen LogP contribution in [0.2, 0.25) is 0 Å². The Morgan fingerprint density at radius 2 is 2.29 bits per heavy atom. The average Bonchev–Trinajstić information content (AvgIpc) is 1.91. The van der Waals surface area contributed by atoms with Crippen molar-refractivity contribution in [2.75, 3.05) is 0 Å². The van der Waals surface area contributed by atoms with Crippen molar-refractivity contribution in [3.8, 4) is 0 Å². The molecule has 1 rings (SSSR count). The summed E-state index contributed by atoms with van der Waals surface area (Å²) in [7, 11) is 0. The molecular formula is C3HNO2Se. The quantitative estimate of drug-likeness (QED) is 0.331. The van der Waals surface area contributed by atoms with Gasteiger partial charge in [-0.3, -0.25) is 0 Å². The van der Waals surface area contributed by atoms with Gasteiger partial charge in [0.15, 0.2) is 0 Å². The molecule has 0 saturated heterocycles. The van der Waals surface area contributed by atoms with Gasteiger partial charge in [-0.1, -0.05) is 0 Å². The van der Waals surface area contributed by atoms with Gasteiger partial charge in [-0.2, -0.15) is 0 Å². The number of aliphatic imine (C=N–C) groups is 1. The summed E-state index contributed by atoms with van der Waals surface area (Å²) in [4.78, 5) is 23.4. The summed E-state index contributed by atoms with van der Waals surface area (Å²) in [6, 6.07) is 0. The number of nitrogens with zero attached hydrogens (tertiary/aromatic N) is 1. The Labute approximate surface area is 46.0 Å². The van der Waals surface area contributed by atoms with Crippen molar-refractivity contribution in [2.45, 2.75) is 0 Å². The van der Waals surface area contributed by atoms with Crippen LogP contribution in [-0.4, -0.2) is 30.7 Å². The molecule has 0 aromatic carbocycles. The summed E-state index contributed by atoms with van der Waals surface area (Å²) in [6.07, 6.45) is 0. The molecule has 1 aliphatic rings. The summed E-state index contributed by atoms with van der Waals surface area (Å²) in [6.45, 7) is 0. The first-order valence-corrected chi connectivity index (χ1v) is 3.43. The number of carbonyl (C=O) groups is 2. The van der Waals surface area contributed by atoms with Crippen molar-refractivity contribution in [3.05, 3.63) is 0 Å². The fourth-order valence-corrected chi connectivity index (χ4v) is 1.06. The Morgan fingerprint density at radius 3 is 2.43 bits per heavy atom. The molecule has 0 bridgehead atoms. The SMILES string of the molecule is O=C1N=C[Se]C1=O. The molecule has 0 atom stereocenters. The molecule has 0 aromatic rings. The van der Waals surface area contributed by atoms with Crippen LogP contribution in [0.25, 0.3) is 0 Å². The molecule has 0 spiro atoms. The van der Waals surface area contributed by atoms with Gasteiger partial charge in [-0.15, -0.1) is 0 Å². The Kier molecular flexibility index (Phi) is 1.04. The molecule has 4 heteroatoms. The number of hydrogen-bond acceptors (Lipinski definition) is 2. The fraction of sp³-hybridized carbons (Fsp3) is 0. The molecule has 1 aliphatic heterocycles. The van der Waals surface area contributed by atoms with Gasteiger partial charge in [0.2, 0.25) is 0 Å². The first-order chi connectivity index (χ1) is 3.30. The van der Waals surface area contributed by atoms with Crippen LogP contribution in [0.5, 0.6) is 0 Å². The first-order valence-electron chi connectivity index (χ1n) is 1.58. The average molecular weight is 162 g/mol. The zero-order chi connectivity index (χ0) is 5.28. The second-order valence-electron chi connectivity index (χ2n) is 0.945. The number of hydrogen-bond donors (Lipinski definition) is 0. The Morgan fingerprint density at radius 1 is 1.57 bits per heavy atom. The Hall–Kier alpha value is -0.471. The van der Waals surface area contributed by atoms with Gasteiger partial charge in [0.1, 0.15) is 0 Å². The molecule has 7 heavy (non-hydrogen) atoms. The third-order valence-electron chi connectivity index (χ3n) is 0.504. The van der Waals surface area contributed by atoms with E-state index in [1.165, 1.54) is 5.11 Å². The van der Waals surface area contributed by atoms with Crippen LogP contribution in [0.15, 0.2) is 4.99 Å². The molecule has 0 aromatic heterocycles. The Bertz CT molecular complexity index is 151. The standard InChI is InChI=1S/C3HNO2Se/c5-2-3(6)7-1-4-2/h1H. The number of amides is 1. The van der Waals surface area contributed by atoms with E-state index in [0.29, 0.717) is 0 Å². The van der Waals surface area contributed by atoms with Crippen LogP contribution in [0.3, 0.4) is 0 Å². The molecule has 0 radical (unpaired) electrons. The van der Waals surface area contributed by atoms with Crippen molar-refractivity contribution in [2.24, 2.45) is 4.99 Å². The molecular weight excluding hydrogens is 161 g/mol. The van der Waals surface area contributed by atoms with Crippen LogP contribution in [-0.2, 0) is 9.59 Å². The maximum absolute atomic E-state index is 10.1. The monoisotopic (exact) mass is 163 g/mol. The van der Waals surface area contributed by atoms with Crippen LogP contribution in [0, 0.1) is 0 Å². The topological polar surface area (TPSA) is 46.5 Å². The second kappa shape index (κ2) is 1.56. The molecule has 1 heterocycles. The van der Waals surface area contributed by atoms with E-state index in [-0.39, 0.29) is 19.6 Å². The van der Waals surface area contributed by atoms with Crippen LogP contribution < -0.4 is 0 Å². The van der Waals surface area contributed by atoms with Gasteiger partial charge in [0, 0.05) is 0 Å². The summed E-state index contributed by atoms with van der Waals surface area (Å²) in [5.41, 5.74) is 0. The van der Waals surface area contributed by atoms with Crippen LogP contribution in [0.4, 0.5) is 0 Å². The van der Waals surface area contributed by atoms with Crippen molar-refractivity contribution in [1.82, 2.24) is 0 Å². The van der Waals surface area contributed by atoms with E-state index in [2.05, 4.69) is 4.99 Å². The molecule has 0 N–H and O–H groups in total. The third kappa shape index (κ3) is 0.759. The van der Waals surface area contributed by atoms with Crippen molar-refractivity contribution in [3.63, 3.8) is 0 Å². The van der Waals surface area contributed by atoms with Crippen molar-refractivity contribution in [1.29, 1.82) is 0 Å². The molecule has 1 amide bonds.